The Morgan fingerprint density at radius 1 is 1.23 bits per heavy atom. The zero-order valence-electron chi connectivity index (χ0n) is 14.6. The standard InChI is InChI=1S/C16H25F2N5O.2ClH/c17-16(18)23-5-4-20-14(23)11-21-6-8-22(9-7-21)15(24)10-12-2-1-3-13(12)19;;/h4-5,12-13,16H,1-3,6-11,19H2;2*1H/t12-,13+;;/m0../s1. The molecule has 0 aromatic carbocycles. The lowest BCUT2D eigenvalue weighted by molar-refractivity contribution is -0.134. The molecule has 1 saturated heterocycles. The highest BCUT2D eigenvalue weighted by molar-refractivity contribution is 5.85. The summed E-state index contributed by atoms with van der Waals surface area (Å²) in [6.45, 7) is 0.442. The molecule has 2 fully saturated rings. The smallest absolute Gasteiger partial charge is 0.319 e. The van der Waals surface area contributed by atoms with E-state index < -0.39 is 6.55 Å². The lowest BCUT2D eigenvalue weighted by atomic mass is 9.99. The van der Waals surface area contributed by atoms with E-state index in [9.17, 15) is 13.6 Å². The maximum absolute atomic E-state index is 12.8. The third-order valence-corrected chi connectivity index (χ3v) is 5.20. The number of hydrogen-bond donors (Lipinski definition) is 1. The first-order valence-corrected chi connectivity index (χ1v) is 8.60. The fourth-order valence-electron chi connectivity index (χ4n) is 3.67. The molecule has 0 spiro atoms. The monoisotopic (exact) mass is 413 g/mol. The molecule has 6 nitrogen and oxygen atoms in total. The van der Waals surface area contributed by atoms with Crippen molar-refractivity contribution in [2.24, 2.45) is 11.7 Å². The van der Waals surface area contributed by atoms with Crippen LogP contribution in [-0.4, -0.2) is 57.5 Å². The number of aromatic nitrogens is 2. The number of hydrogen-bond acceptors (Lipinski definition) is 4. The molecule has 150 valence electrons. The van der Waals surface area contributed by atoms with Gasteiger partial charge in [-0.3, -0.25) is 14.3 Å². The van der Waals surface area contributed by atoms with Gasteiger partial charge in [-0.05, 0) is 18.8 Å². The molecule has 2 heterocycles. The van der Waals surface area contributed by atoms with E-state index in [4.69, 9.17) is 5.73 Å². The molecule has 2 atom stereocenters. The number of amides is 1. The molecule has 0 radical (unpaired) electrons. The number of carbonyl (C=O) groups excluding carboxylic acids is 1. The van der Waals surface area contributed by atoms with Gasteiger partial charge in [-0.2, -0.15) is 8.78 Å². The van der Waals surface area contributed by atoms with Crippen LogP contribution in [0, 0.1) is 5.92 Å². The van der Waals surface area contributed by atoms with Gasteiger partial charge in [-0.1, -0.05) is 6.42 Å². The summed E-state index contributed by atoms with van der Waals surface area (Å²) in [4.78, 5) is 20.4. The van der Waals surface area contributed by atoms with Crippen molar-refractivity contribution in [2.75, 3.05) is 26.2 Å². The quantitative estimate of drug-likeness (QED) is 0.803. The Morgan fingerprint density at radius 3 is 2.50 bits per heavy atom. The third-order valence-electron chi connectivity index (χ3n) is 5.20. The number of carbonyl (C=O) groups is 1. The topological polar surface area (TPSA) is 67.4 Å². The molecule has 3 rings (SSSR count). The van der Waals surface area contributed by atoms with Gasteiger partial charge in [0.25, 0.3) is 0 Å². The van der Waals surface area contributed by atoms with Gasteiger partial charge >= 0.3 is 6.55 Å². The summed E-state index contributed by atoms with van der Waals surface area (Å²) in [5, 5.41) is 0. The van der Waals surface area contributed by atoms with Crippen molar-refractivity contribution in [2.45, 2.75) is 44.8 Å². The SMILES string of the molecule is Cl.Cl.N[C@@H]1CCC[C@H]1CC(=O)N1CCN(Cc2nccn2C(F)F)CC1. The summed E-state index contributed by atoms with van der Waals surface area (Å²) in [5.74, 6) is 0.849. The summed E-state index contributed by atoms with van der Waals surface area (Å²) in [7, 11) is 0. The van der Waals surface area contributed by atoms with E-state index in [2.05, 4.69) is 9.88 Å². The van der Waals surface area contributed by atoms with Gasteiger partial charge in [0.05, 0.1) is 6.54 Å². The Kier molecular flexibility index (Phi) is 9.23. The fourth-order valence-corrected chi connectivity index (χ4v) is 3.67. The first-order valence-electron chi connectivity index (χ1n) is 8.60. The number of alkyl halides is 2. The van der Waals surface area contributed by atoms with Crippen LogP contribution in [0.15, 0.2) is 12.4 Å². The van der Waals surface area contributed by atoms with E-state index in [1.54, 1.807) is 0 Å². The average Bonchev–Trinajstić information content (AvgIpc) is 3.18. The van der Waals surface area contributed by atoms with Crippen molar-refractivity contribution in [3.63, 3.8) is 0 Å². The Labute approximate surface area is 164 Å². The van der Waals surface area contributed by atoms with Crippen LogP contribution in [0.1, 0.15) is 38.1 Å². The Morgan fingerprint density at radius 2 is 1.92 bits per heavy atom. The highest BCUT2D eigenvalue weighted by Crippen LogP contribution is 2.27. The van der Waals surface area contributed by atoms with Crippen LogP contribution in [0.4, 0.5) is 8.78 Å². The molecule has 0 bridgehead atoms. The predicted molar refractivity (Wildman–Crippen MR) is 99.8 cm³/mol. The second-order valence-electron chi connectivity index (χ2n) is 6.74. The zero-order chi connectivity index (χ0) is 17.1. The number of piperazine rings is 1. The van der Waals surface area contributed by atoms with Crippen molar-refractivity contribution in [1.29, 1.82) is 0 Å². The molecular weight excluding hydrogens is 387 g/mol. The Hall–Kier alpha value is -0.960. The molecule has 1 amide bonds. The first kappa shape index (κ1) is 23.1. The largest absolute Gasteiger partial charge is 0.340 e. The minimum atomic E-state index is -2.57. The van der Waals surface area contributed by atoms with E-state index >= 15 is 0 Å². The molecule has 2 aliphatic rings. The van der Waals surface area contributed by atoms with Crippen molar-refractivity contribution < 1.29 is 13.6 Å². The van der Waals surface area contributed by atoms with Crippen molar-refractivity contribution in [1.82, 2.24) is 19.4 Å². The summed E-state index contributed by atoms with van der Waals surface area (Å²) >= 11 is 0. The predicted octanol–water partition coefficient (Wildman–Crippen LogP) is 2.28. The average molecular weight is 414 g/mol. The number of imidazole rings is 1. The molecular formula is C16H27Cl2F2N5O. The molecule has 26 heavy (non-hydrogen) atoms. The summed E-state index contributed by atoms with van der Waals surface area (Å²) < 4.78 is 26.6. The van der Waals surface area contributed by atoms with E-state index in [-0.39, 0.29) is 36.8 Å². The number of halogens is 4. The molecule has 0 unspecified atom stereocenters. The highest BCUT2D eigenvalue weighted by atomic mass is 35.5. The van der Waals surface area contributed by atoms with Crippen molar-refractivity contribution in [3.05, 3.63) is 18.2 Å². The van der Waals surface area contributed by atoms with Crippen LogP contribution in [0.25, 0.3) is 0 Å². The van der Waals surface area contributed by atoms with Crippen LogP contribution >= 0.6 is 24.8 Å². The fraction of sp³-hybridized carbons (Fsp3) is 0.750. The molecule has 1 aromatic heterocycles. The molecule has 1 saturated carbocycles. The maximum Gasteiger partial charge on any atom is 0.319 e. The van der Waals surface area contributed by atoms with E-state index in [0.717, 1.165) is 23.8 Å². The Balaban J connectivity index is 0.00000169. The van der Waals surface area contributed by atoms with Gasteiger partial charge in [0.15, 0.2) is 0 Å². The lowest BCUT2D eigenvalue weighted by Crippen LogP contribution is -2.49. The van der Waals surface area contributed by atoms with Crippen molar-refractivity contribution >= 4 is 30.7 Å². The molecule has 2 N–H and O–H groups in total. The van der Waals surface area contributed by atoms with Gasteiger partial charge < -0.3 is 10.6 Å². The zero-order valence-corrected chi connectivity index (χ0v) is 16.2. The van der Waals surface area contributed by atoms with Crippen LogP contribution in [0.5, 0.6) is 0 Å². The minimum Gasteiger partial charge on any atom is -0.340 e. The van der Waals surface area contributed by atoms with Gasteiger partial charge in [0, 0.05) is 51.0 Å². The number of nitrogens with zero attached hydrogens (tertiary/aromatic N) is 4. The van der Waals surface area contributed by atoms with E-state index in [1.807, 2.05) is 4.90 Å². The van der Waals surface area contributed by atoms with Crippen LogP contribution < -0.4 is 5.73 Å². The van der Waals surface area contributed by atoms with Crippen LogP contribution in [0.2, 0.25) is 0 Å². The van der Waals surface area contributed by atoms with Crippen LogP contribution in [0.3, 0.4) is 0 Å². The molecule has 1 aliphatic carbocycles. The maximum atomic E-state index is 12.8. The third kappa shape index (κ3) is 5.52. The second-order valence-corrected chi connectivity index (χ2v) is 6.74. The van der Waals surface area contributed by atoms with E-state index in [0.29, 0.717) is 50.9 Å². The van der Waals surface area contributed by atoms with E-state index in [1.165, 1.54) is 12.4 Å². The number of nitrogens with two attached hydrogens (primary N) is 1. The van der Waals surface area contributed by atoms with Gasteiger partial charge in [0.1, 0.15) is 5.82 Å². The molecule has 1 aliphatic heterocycles. The minimum absolute atomic E-state index is 0. The van der Waals surface area contributed by atoms with Gasteiger partial charge in [-0.15, -0.1) is 24.8 Å². The molecule has 10 heteroatoms. The summed E-state index contributed by atoms with van der Waals surface area (Å²) in [6.07, 6.45) is 6.41. The highest BCUT2D eigenvalue weighted by Gasteiger charge is 2.29. The normalized spacial score (nSPS) is 23.6. The van der Waals surface area contributed by atoms with Gasteiger partial charge in [-0.25, -0.2) is 4.98 Å². The summed E-state index contributed by atoms with van der Waals surface area (Å²) in [6, 6.07) is 0.156. The van der Waals surface area contributed by atoms with Crippen LogP contribution in [-0.2, 0) is 11.3 Å². The Bertz CT molecular complexity index is 567. The molecule has 1 aromatic rings. The lowest BCUT2D eigenvalue weighted by Gasteiger charge is -2.35. The summed E-state index contributed by atoms with van der Waals surface area (Å²) in [5.41, 5.74) is 6.04. The second kappa shape index (κ2) is 10.4. The first-order chi connectivity index (χ1) is 11.5. The number of rotatable bonds is 5. The van der Waals surface area contributed by atoms with Crippen molar-refractivity contribution in [3.8, 4) is 0 Å². The van der Waals surface area contributed by atoms with Gasteiger partial charge in [0.2, 0.25) is 5.91 Å².